The minimum Gasteiger partial charge on any atom is -0.445 e. The van der Waals surface area contributed by atoms with E-state index in [-0.39, 0.29) is 29.3 Å². The lowest BCUT2D eigenvalue weighted by Gasteiger charge is -2.50. The molecule has 5 nitrogen and oxygen atoms in total. The molecule has 6 heteroatoms. The molecule has 0 radical (unpaired) electrons. The van der Waals surface area contributed by atoms with Gasteiger partial charge < -0.3 is 14.5 Å². The number of rotatable bonds is 9. The number of carbonyl (C=O) groups is 2. The van der Waals surface area contributed by atoms with Crippen LogP contribution in [0.5, 0.6) is 0 Å². The molecular formula is C30H47NO4Si. The minimum atomic E-state index is -2.01. The summed E-state index contributed by atoms with van der Waals surface area (Å²) in [5.41, 5.74) is 0.0712. The highest BCUT2D eigenvalue weighted by Crippen LogP contribution is 2.71. The molecule has 36 heavy (non-hydrogen) atoms. The lowest BCUT2D eigenvalue weighted by Crippen LogP contribution is -2.60. The Morgan fingerprint density at radius 3 is 2.25 bits per heavy atom. The van der Waals surface area contributed by atoms with Crippen molar-refractivity contribution in [2.45, 2.75) is 116 Å². The molecule has 200 valence electrons. The van der Waals surface area contributed by atoms with Crippen molar-refractivity contribution in [1.82, 2.24) is 5.32 Å². The molecule has 4 rings (SSSR count). The smallest absolute Gasteiger partial charge is 0.407 e. The highest BCUT2D eigenvalue weighted by atomic mass is 28.4. The first-order valence-corrected chi connectivity index (χ1v) is 17.5. The second kappa shape index (κ2) is 10.2. The Morgan fingerprint density at radius 1 is 1.03 bits per heavy atom. The Hall–Kier alpha value is -1.66. The van der Waals surface area contributed by atoms with Gasteiger partial charge >= 0.3 is 6.09 Å². The lowest BCUT2D eigenvalue weighted by atomic mass is 9.62. The average molecular weight is 514 g/mol. The van der Waals surface area contributed by atoms with Gasteiger partial charge in [-0.3, -0.25) is 4.79 Å². The number of Topliss-reactive ketones (excluding diaryl/α,β-unsaturated/α-hetero) is 1. The fourth-order valence-corrected chi connectivity index (χ4v) is 9.02. The van der Waals surface area contributed by atoms with Crippen LogP contribution in [-0.2, 0) is 20.6 Å². The maximum Gasteiger partial charge on any atom is 0.407 e. The van der Waals surface area contributed by atoms with E-state index < -0.39 is 20.0 Å². The molecule has 3 aliphatic carbocycles. The van der Waals surface area contributed by atoms with Gasteiger partial charge in [0.25, 0.3) is 0 Å². The van der Waals surface area contributed by atoms with Crippen LogP contribution in [-0.4, -0.2) is 31.8 Å². The van der Waals surface area contributed by atoms with Crippen LogP contribution >= 0.6 is 0 Å². The summed E-state index contributed by atoms with van der Waals surface area (Å²) in [5, 5.41) is 3.14. The molecule has 1 aromatic carbocycles. The first-order valence-electron chi connectivity index (χ1n) is 14.1. The summed E-state index contributed by atoms with van der Waals surface area (Å²) < 4.78 is 12.5. The second-order valence-electron chi connectivity index (χ2n) is 13.4. The van der Waals surface area contributed by atoms with E-state index in [4.69, 9.17) is 9.16 Å². The average Bonchev–Trinajstić information content (AvgIpc) is 3.15. The third kappa shape index (κ3) is 5.17. The van der Waals surface area contributed by atoms with E-state index in [0.29, 0.717) is 18.3 Å². The van der Waals surface area contributed by atoms with Gasteiger partial charge in [0.15, 0.2) is 14.1 Å². The number of ketones is 1. The third-order valence-corrected chi connectivity index (χ3v) is 10.9. The van der Waals surface area contributed by atoms with E-state index in [1.54, 1.807) is 0 Å². The Kier molecular flexibility index (Phi) is 7.79. The summed E-state index contributed by atoms with van der Waals surface area (Å²) >= 11 is 0. The molecule has 2 bridgehead atoms. The molecule has 4 atom stereocenters. The molecule has 1 aromatic rings. The van der Waals surface area contributed by atoms with Crippen LogP contribution in [0, 0.1) is 22.7 Å². The number of ether oxygens (including phenoxy) is 1. The van der Waals surface area contributed by atoms with Gasteiger partial charge in [0.1, 0.15) is 12.2 Å². The molecule has 3 fully saturated rings. The van der Waals surface area contributed by atoms with Crippen molar-refractivity contribution in [3.05, 3.63) is 35.9 Å². The molecule has 3 saturated carbocycles. The summed E-state index contributed by atoms with van der Waals surface area (Å²) in [6.07, 6.45) is 8.54. The van der Waals surface area contributed by atoms with Gasteiger partial charge in [0.05, 0.1) is 0 Å². The molecule has 3 aliphatic rings. The minimum absolute atomic E-state index is 0.0602. The van der Waals surface area contributed by atoms with Crippen LogP contribution in [0.1, 0.15) is 84.1 Å². The number of alkyl carbamates (subject to hydrolysis) is 1. The van der Waals surface area contributed by atoms with Crippen LogP contribution in [0.25, 0.3) is 0 Å². The van der Waals surface area contributed by atoms with E-state index in [2.05, 4.69) is 45.7 Å². The number of hydrogen-bond donors (Lipinski definition) is 1. The van der Waals surface area contributed by atoms with Crippen molar-refractivity contribution >= 4 is 20.2 Å². The molecule has 0 spiro atoms. The van der Waals surface area contributed by atoms with E-state index in [1.165, 1.54) is 12.8 Å². The topological polar surface area (TPSA) is 64.6 Å². The van der Waals surface area contributed by atoms with Crippen molar-refractivity contribution < 1.29 is 18.8 Å². The number of fused-ring (bicyclic) bond motifs is 2. The number of amides is 1. The second-order valence-corrected chi connectivity index (χ2v) is 17.8. The highest BCUT2D eigenvalue weighted by Gasteiger charge is 2.72. The molecule has 0 aliphatic heterocycles. The van der Waals surface area contributed by atoms with Gasteiger partial charge in [-0.2, -0.15) is 0 Å². The molecule has 0 saturated heterocycles. The maximum atomic E-state index is 14.4. The van der Waals surface area contributed by atoms with E-state index in [9.17, 15) is 9.59 Å². The fraction of sp³-hybridized carbons (Fsp3) is 0.733. The summed E-state index contributed by atoms with van der Waals surface area (Å²) in [4.78, 5) is 27.4. The van der Waals surface area contributed by atoms with Crippen molar-refractivity contribution in [2.24, 2.45) is 22.7 Å². The predicted molar refractivity (Wildman–Crippen MR) is 146 cm³/mol. The molecule has 0 heterocycles. The van der Waals surface area contributed by atoms with Crippen LogP contribution < -0.4 is 5.32 Å². The zero-order valence-corrected chi connectivity index (χ0v) is 24.3. The first kappa shape index (κ1) is 27.4. The number of nitrogens with one attached hydrogen (secondary N) is 1. The van der Waals surface area contributed by atoms with E-state index in [1.807, 2.05) is 30.3 Å². The summed E-state index contributed by atoms with van der Waals surface area (Å²) in [6.45, 7) is 13.8. The molecule has 1 N–H and O–H groups in total. The first-order chi connectivity index (χ1) is 16.9. The van der Waals surface area contributed by atoms with Crippen LogP contribution in [0.4, 0.5) is 4.79 Å². The van der Waals surface area contributed by atoms with E-state index >= 15 is 0 Å². The van der Waals surface area contributed by atoms with Crippen LogP contribution in [0.2, 0.25) is 19.6 Å². The van der Waals surface area contributed by atoms with Crippen LogP contribution in [0.3, 0.4) is 0 Å². The maximum absolute atomic E-state index is 14.4. The SMILES string of the molecule is CC1(C)[C@@H]2CC[C@@]1(C)[C@](O[Si](C)(C)C)(C(=O)C[C@@H](NC(=O)OCc1ccccc1)C1CCCCC1)C2. The van der Waals surface area contributed by atoms with Gasteiger partial charge in [0, 0.05) is 17.9 Å². The number of benzene rings is 1. The zero-order chi connectivity index (χ0) is 26.2. The Bertz CT molecular complexity index is 936. The Labute approximate surface area is 219 Å². The van der Waals surface area contributed by atoms with Crippen molar-refractivity contribution in [1.29, 1.82) is 0 Å². The lowest BCUT2D eigenvalue weighted by molar-refractivity contribution is -0.152. The normalized spacial score (nSPS) is 30.7. The van der Waals surface area contributed by atoms with Crippen molar-refractivity contribution in [3.63, 3.8) is 0 Å². The quantitative estimate of drug-likeness (QED) is 0.353. The van der Waals surface area contributed by atoms with Gasteiger partial charge in [-0.1, -0.05) is 70.4 Å². The summed E-state index contributed by atoms with van der Waals surface area (Å²) in [5.74, 6) is 0.997. The van der Waals surface area contributed by atoms with Crippen molar-refractivity contribution in [2.75, 3.05) is 0 Å². The standard InChI is InChI=1S/C30H47NO4Si/c1-28(2)24-17-18-29(28,3)30(20-24,35-36(4,5)6)26(32)19-25(23-15-11-8-12-16-23)31-27(33)34-21-22-13-9-7-10-14-22/h7,9-10,13-14,23-25H,8,11-12,15-21H2,1-6H3,(H,31,33)/t24-,25-,29-,30-/m1/s1. The number of hydrogen-bond acceptors (Lipinski definition) is 4. The molecule has 1 amide bonds. The third-order valence-electron chi connectivity index (χ3n) is 9.93. The zero-order valence-electron chi connectivity index (χ0n) is 23.3. The van der Waals surface area contributed by atoms with Crippen molar-refractivity contribution in [3.8, 4) is 0 Å². The highest BCUT2D eigenvalue weighted by molar-refractivity contribution is 6.70. The van der Waals surface area contributed by atoms with E-state index in [0.717, 1.165) is 44.1 Å². The molecule has 0 aromatic heterocycles. The predicted octanol–water partition coefficient (Wildman–Crippen LogP) is 7.26. The number of carbonyl (C=O) groups excluding carboxylic acids is 2. The largest absolute Gasteiger partial charge is 0.445 e. The molecule has 0 unspecified atom stereocenters. The van der Waals surface area contributed by atoms with Gasteiger partial charge in [-0.15, -0.1) is 0 Å². The van der Waals surface area contributed by atoms with Gasteiger partial charge in [0.2, 0.25) is 0 Å². The Balaban J connectivity index is 1.54. The monoisotopic (exact) mass is 513 g/mol. The van der Waals surface area contributed by atoms with Gasteiger partial charge in [-0.25, -0.2) is 4.79 Å². The fourth-order valence-electron chi connectivity index (χ4n) is 7.56. The van der Waals surface area contributed by atoms with Gasteiger partial charge in [-0.05, 0) is 74.6 Å². The summed E-state index contributed by atoms with van der Waals surface area (Å²) in [6, 6.07) is 9.51. The summed E-state index contributed by atoms with van der Waals surface area (Å²) in [7, 11) is -2.01. The van der Waals surface area contributed by atoms with Crippen LogP contribution in [0.15, 0.2) is 30.3 Å². The Morgan fingerprint density at radius 2 is 1.69 bits per heavy atom. The molecular weight excluding hydrogens is 466 g/mol.